The molecule has 4 aromatic carbocycles. The summed E-state index contributed by atoms with van der Waals surface area (Å²) in [5.41, 5.74) is 10.6. The van der Waals surface area contributed by atoms with Crippen molar-refractivity contribution in [2.45, 2.75) is 83.8 Å². The molecule has 378 valence electrons. The predicted molar refractivity (Wildman–Crippen MR) is 298 cm³/mol. The molecule has 0 aliphatic carbocycles. The van der Waals surface area contributed by atoms with Crippen molar-refractivity contribution in [1.82, 2.24) is 15.6 Å². The molecule has 14 nitrogen and oxygen atoms in total. The monoisotopic (exact) mass is 1030 g/mol. The lowest BCUT2D eigenvalue weighted by Gasteiger charge is -2.31. The smallest absolute Gasteiger partial charge is 0.234 e. The van der Waals surface area contributed by atoms with Crippen LogP contribution in [0.5, 0.6) is 0 Å². The second kappa shape index (κ2) is 23.0. The normalized spacial score (nSPS) is 21.1. The zero-order chi connectivity index (χ0) is 51.9. The van der Waals surface area contributed by atoms with Crippen molar-refractivity contribution in [3.8, 4) is 0 Å². The van der Waals surface area contributed by atoms with Gasteiger partial charge in [-0.15, -0.1) is 0 Å². The number of nitrogens with one attached hydrogen (secondary N) is 7. The van der Waals surface area contributed by atoms with Gasteiger partial charge in [0.25, 0.3) is 0 Å². The molecule has 4 atom stereocenters. The number of hydrogen-bond donors (Lipinski definition) is 7. The van der Waals surface area contributed by atoms with Gasteiger partial charge in [-0.2, -0.15) is 0 Å². The summed E-state index contributed by atoms with van der Waals surface area (Å²) < 4.78 is 0. The van der Waals surface area contributed by atoms with E-state index in [9.17, 15) is 28.8 Å². The molecule has 5 aromatic rings. The molecule has 4 aliphatic heterocycles. The first kappa shape index (κ1) is 51.2. The molecule has 4 amide bonds. The van der Waals surface area contributed by atoms with Crippen LogP contribution in [0.15, 0.2) is 144 Å². The summed E-state index contributed by atoms with van der Waals surface area (Å²) >= 11 is 1.88. The van der Waals surface area contributed by atoms with E-state index >= 15 is 0 Å². The molecule has 16 heteroatoms. The zero-order valence-corrected chi connectivity index (χ0v) is 43.2. The molecule has 8 bridgehead atoms. The second-order valence-corrected chi connectivity index (χ2v) is 20.6. The van der Waals surface area contributed by atoms with Crippen LogP contribution in [-0.2, 0) is 28.8 Å². The van der Waals surface area contributed by atoms with E-state index in [4.69, 9.17) is 4.99 Å². The predicted octanol–water partition coefficient (Wildman–Crippen LogP) is 8.13. The summed E-state index contributed by atoms with van der Waals surface area (Å²) in [6, 6.07) is 34.0. The van der Waals surface area contributed by atoms with Crippen molar-refractivity contribution in [2.24, 2.45) is 4.99 Å². The highest BCUT2D eigenvalue weighted by molar-refractivity contribution is 8.14. The lowest BCUT2D eigenvalue weighted by Crippen LogP contribution is -2.37. The quantitative estimate of drug-likeness (QED) is 0.0569. The Morgan fingerprint density at radius 1 is 0.608 bits per heavy atom. The van der Waals surface area contributed by atoms with Gasteiger partial charge in [0.15, 0.2) is 10.2 Å². The highest BCUT2D eigenvalue weighted by atomic mass is 32.2. The van der Waals surface area contributed by atoms with Gasteiger partial charge in [-0.05, 0) is 67.3 Å². The number of rotatable bonds is 14. The summed E-state index contributed by atoms with van der Waals surface area (Å²) in [6.07, 6.45) is 8.82. The van der Waals surface area contributed by atoms with Gasteiger partial charge < -0.3 is 36.9 Å². The number of aromatic nitrogens is 1. The first-order valence-electron chi connectivity index (χ1n) is 24.9. The van der Waals surface area contributed by atoms with Crippen LogP contribution in [-0.4, -0.2) is 74.2 Å². The van der Waals surface area contributed by atoms with Crippen molar-refractivity contribution < 1.29 is 28.8 Å². The van der Waals surface area contributed by atoms with E-state index in [2.05, 4.69) is 61.2 Å². The summed E-state index contributed by atoms with van der Waals surface area (Å²) in [5, 5.41) is 21.5. The van der Waals surface area contributed by atoms with Crippen LogP contribution in [0.1, 0.15) is 88.0 Å². The number of thioether (sulfide) groups is 2. The number of fused-ring (bicyclic) bond motifs is 7. The van der Waals surface area contributed by atoms with Crippen LogP contribution in [0.25, 0.3) is 16.7 Å². The van der Waals surface area contributed by atoms with E-state index in [0.717, 1.165) is 96.0 Å². The molecule has 1 aromatic heterocycles. The maximum Gasteiger partial charge on any atom is 0.234 e. The standard InChI is InChI=1S/C58H58N8O6S2/c1-5-51(69)63-39-19-11-7-15-35(39)55-43-23-24-44(59-43)56(36-16-8-12-20-40(36)64-52(70)6-2)46-26-28-48(61-46)58(38-18-10-14-22-42(38)66-54(72)32-74-34(4)68)50-30-29-49(62-50)57(47-27-25-45(55)60-47)37-17-9-13-21-41(37)65-53(71)31-73-33(3)67/h7-23,25,27,29-30,44,46-47,56,59-60,62H,5-6,24,26,28,31-32H2,1-4H3,(H,63,69)(H,64,70)(H,65,71)(H,66,72)/b55-45-,57-49-,58-50-/t44?,46-,47?,56-/m0/s1. The van der Waals surface area contributed by atoms with E-state index in [0.29, 0.717) is 49.2 Å². The molecule has 0 saturated carbocycles. The number of nitrogens with zero attached hydrogens (tertiary/aromatic N) is 1. The van der Waals surface area contributed by atoms with Crippen LogP contribution in [0, 0.1) is 0 Å². The molecule has 5 heterocycles. The Kier molecular flexibility index (Phi) is 15.9. The SMILES string of the molecule is CCC(=O)Nc1ccccc1/C1=C2\C=CC(N2)/C(c2ccccc2NC(=O)CSC(C)=O)=c2/cc/c([nH]2)=C(\c2ccccc2NC(=O)CSC(C)=O)C2=N[C@@H](CC2)[C@@H](c2ccccc2NC(=O)CC)C2CC=C1N2. The number of allylic oxidation sites excluding steroid dienone is 2. The van der Waals surface area contributed by atoms with E-state index < -0.39 is 6.04 Å². The molecule has 0 fully saturated rings. The molecule has 7 N–H and O–H groups in total. The van der Waals surface area contributed by atoms with Gasteiger partial charge in [-0.25, -0.2) is 0 Å². The van der Waals surface area contributed by atoms with E-state index in [1.165, 1.54) is 13.8 Å². The Morgan fingerprint density at radius 2 is 1.14 bits per heavy atom. The van der Waals surface area contributed by atoms with Gasteiger partial charge >= 0.3 is 0 Å². The number of benzene rings is 4. The molecule has 74 heavy (non-hydrogen) atoms. The van der Waals surface area contributed by atoms with E-state index in [1.807, 2.05) is 117 Å². The highest BCUT2D eigenvalue weighted by Crippen LogP contribution is 2.44. The summed E-state index contributed by atoms with van der Waals surface area (Å²) in [6.45, 7) is 6.53. The van der Waals surface area contributed by atoms with Crippen molar-refractivity contribution >= 4 is 103 Å². The highest BCUT2D eigenvalue weighted by Gasteiger charge is 2.39. The minimum atomic E-state index is -0.483. The van der Waals surface area contributed by atoms with Crippen molar-refractivity contribution in [2.75, 3.05) is 32.8 Å². The third-order valence-corrected chi connectivity index (χ3v) is 15.0. The van der Waals surface area contributed by atoms with Gasteiger partial charge in [0, 0.05) is 123 Å². The summed E-state index contributed by atoms with van der Waals surface area (Å²) in [7, 11) is 0. The second-order valence-electron chi connectivity index (χ2n) is 18.3. The third-order valence-electron chi connectivity index (χ3n) is 13.4. The molecular weight excluding hydrogens is 969 g/mol. The maximum absolute atomic E-state index is 13.5. The summed E-state index contributed by atoms with van der Waals surface area (Å²) in [5.74, 6) is -1.21. The number of hydrogen-bond acceptors (Lipinski definition) is 11. The molecule has 4 aliphatic rings. The maximum atomic E-state index is 13.5. The minimum absolute atomic E-state index is 0.0462. The molecule has 0 saturated heterocycles. The van der Waals surface area contributed by atoms with Crippen molar-refractivity contribution in [3.63, 3.8) is 0 Å². The molecule has 2 unspecified atom stereocenters. The Hall–Kier alpha value is -7.69. The Morgan fingerprint density at radius 3 is 1.76 bits per heavy atom. The number of anilines is 4. The molecule has 0 radical (unpaired) electrons. The minimum Gasteiger partial charge on any atom is -0.381 e. The third kappa shape index (κ3) is 11.4. The zero-order valence-electron chi connectivity index (χ0n) is 41.6. The van der Waals surface area contributed by atoms with Crippen LogP contribution in [0.4, 0.5) is 22.7 Å². The number of H-pyrrole nitrogens is 1. The number of carbonyl (C=O) groups is 6. The van der Waals surface area contributed by atoms with Crippen LogP contribution in [0.3, 0.4) is 0 Å². The van der Waals surface area contributed by atoms with Gasteiger partial charge in [-0.1, -0.05) is 122 Å². The first-order valence-corrected chi connectivity index (χ1v) is 26.9. The number of amides is 4. The number of carbonyl (C=O) groups excluding carboxylic acids is 6. The fourth-order valence-electron chi connectivity index (χ4n) is 10.1. The lowest BCUT2D eigenvalue weighted by molar-refractivity contribution is -0.116. The summed E-state index contributed by atoms with van der Waals surface area (Å²) in [4.78, 5) is 86.5. The molecule has 9 rings (SSSR count). The Labute approximate surface area is 438 Å². The fourth-order valence-corrected chi connectivity index (χ4v) is 10.9. The van der Waals surface area contributed by atoms with Gasteiger partial charge in [0.2, 0.25) is 23.6 Å². The molecular formula is C58H58N8O6S2. The van der Waals surface area contributed by atoms with Crippen LogP contribution >= 0.6 is 23.5 Å². The number of para-hydroxylation sites is 4. The Balaban J connectivity index is 1.32. The number of aliphatic imine (C=N–C) groups is 1. The average molecular weight is 1030 g/mol. The van der Waals surface area contributed by atoms with Crippen LogP contribution < -0.4 is 42.6 Å². The van der Waals surface area contributed by atoms with Crippen molar-refractivity contribution in [1.29, 1.82) is 0 Å². The van der Waals surface area contributed by atoms with Gasteiger partial charge in [-0.3, -0.25) is 33.8 Å². The van der Waals surface area contributed by atoms with E-state index in [-0.39, 0.29) is 63.4 Å². The van der Waals surface area contributed by atoms with Gasteiger partial charge in [0.1, 0.15) is 0 Å². The number of aromatic amines is 1. The molecule has 0 spiro atoms. The largest absolute Gasteiger partial charge is 0.381 e. The Bertz CT molecular complexity index is 3340. The first-order chi connectivity index (χ1) is 35.9. The van der Waals surface area contributed by atoms with Crippen LogP contribution in [0.2, 0.25) is 0 Å². The van der Waals surface area contributed by atoms with Gasteiger partial charge in [0.05, 0.1) is 23.6 Å². The van der Waals surface area contributed by atoms with Crippen molar-refractivity contribution in [3.05, 3.63) is 172 Å². The van der Waals surface area contributed by atoms with E-state index in [1.54, 1.807) is 0 Å². The topological polar surface area (TPSA) is 203 Å². The average Bonchev–Trinajstić information content (AvgIpc) is 4.26. The fraction of sp³-hybridized carbons (Fsp3) is 0.259. The lowest BCUT2D eigenvalue weighted by atomic mass is 9.82.